The fourth-order valence-corrected chi connectivity index (χ4v) is 5.62. The minimum atomic E-state index is -0.259. The molecule has 0 radical (unpaired) electrons. The highest BCUT2D eigenvalue weighted by Crippen LogP contribution is 2.34. The van der Waals surface area contributed by atoms with Gasteiger partial charge in [-0.25, -0.2) is 14.4 Å². The first-order valence-corrected chi connectivity index (χ1v) is 13.5. The standard InChI is InChI=1S/C32H28FN5O/c1-19-15-21(17-24(16-19)39-23-5-3-2-4-6-23)27-11-12-28-30(35-27)31(38-37-28)29-18-26-25(13-14-34-32(26)36-29)20-7-9-22(33)10-8-20/h7-18,23H,2-6H2,1H3,(H,34,36)(H,37,38). The zero-order valence-corrected chi connectivity index (χ0v) is 21.7. The molecule has 1 aliphatic carbocycles. The number of hydrogen-bond acceptors (Lipinski definition) is 4. The van der Waals surface area contributed by atoms with Crippen molar-refractivity contribution >= 4 is 22.1 Å². The largest absolute Gasteiger partial charge is 0.490 e. The number of ether oxygens (including phenoxy) is 1. The first-order chi connectivity index (χ1) is 19.1. The molecule has 0 bridgehead atoms. The van der Waals surface area contributed by atoms with Gasteiger partial charge in [-0.05, 0) is 104 Å². The Hall–Kier alpha value is -4.52. The maximum absolute atomic E-state index is 13.5. The van der Waals surface area contributed by atoms with Gasteiger partial charge >= 0.3 is 0 Å². The molecule has 0 unspecified atom stereocenters. The normalized spacial score (nSPS) is 14.3. The van der Waals surface area contributed by atoms with Gasteiger partial charge in [-0.1, -0.05) is 18.6 Å². The topological polar surface area (TPSA) is 79.5 Å². The third kappa shape index (κ3) is 4.54. The summed E-state index contributed by atoms with van der Waals surface area (Å²) in [5, 5.41) is 8.66. The molecule has 0 spiro atoms. The fraction of sp³-hybridized carbons (Fsp3) is 0.219. The Morgan fingerprint density at radius 2 is 1.74 bits per heavy atom. The van der Waals surface area contributed by atoms with Gasteiger partial charge in [0.25, 0.3) is 0 Å². The number of nitrogens with zero attached hydrogens (tertiary/aromatic N) is 3. The Morgan fingerprint density at radius 1 is 0.897 bits per heavy atom. The number of H-pyrrole nitrogens is 2. The molecule has 1 aliphatic rings. The van der Waals surface area contributed by atoms with Crippen LogP contribution in [0.1, 0.15) is 37.7 Å². The van der Waals surface area contributed by atoms with Crippen LogP contribution in [0.15, 0.2) is 72.9 Å². The Morgan fingerprint density at radius 3 is 2.59 bits per heavy atom. The number of fused-ring (bicyclic) bond motifs is 2. The molecule has 1 fully saturated rings. The van der Waals surface area contributed by atoms with E-state index in [0.717, 1.165) is 80.0 Å². The number of rotatable bonds is 5. The number of benzene rings is 2. The van der Waals surface area contributed by atoms with Gasteiger partial charge in [-0.2, -0.15) is 5.10 Å². The van der Waals surface area contributed by atoms with Crippen molar-refractivity contribution in [2.45, 2.75) is 45.1 Å². The first kappa shape index (κ1) is 23.6. The molecule has 2 aromatic carbocycles. The van der Waals surface area contributed by atoms with E-state index in [1.54, 1.807) is 18.3 Å². The molecule has 7 heteroatoms. The van der Waals surface area contributed by atoms with Gasteiger partial charge in [-0.15, -0.1) is 0 Å². The van der Waals surface area contributed by atoms with E-state index in [-0.39, 0.29) is 5.82 Å². The van der Waals surface area contributed by atoms with Gasteiger partial charge in [0, 0.05) is 17.1 Å². The maximum atomic E-state index is 13.5. The van der Waals surface area contributed by atoms with E-state index >= 15 is 0 Å². The van der Waals surface area contributed by atoms with E-state index in [2.05, 4.69) is 45.3 Å². The summed E-state index contributed by atoms with van der Waals surface area (Å²) in [7, 11) is 0. The molecule has 4 aromatic heterocycles. The van der Waals surface area contributed by atoms with Gasteiger partial charge in [-0.3, -0.25) is 5.10 Å². The second-order valence-electron chi connectivity index (χ2n) is 10.4. The highest BCUT2D eigenvalue weighted by molar-refractivity contribution is 5.99. The van der Waals surface area contributed by atoms with Gasteiger partial charge in [0.05, 0.1) is 23.0 Å². The summed E-state index contributed by atoms with van der Waals surface area (Å²) in [6.07, 6.45) is 8.06. The second-order valence-corrected chi connectivity index (χ2v) is 10.4. The van der Waals surface area contributed by atoms with E-state index in [9.17, 15) is 4.39 Å². The Labute approximate surface area is 225 Å². The summed E-state index contributed by atoms with van der Waals surface area (Å²) in [4.78, 5) is 13.0. The molecule has 0 saturated heterocycles. The minimum absolute atomic E-state index is 0.259. The molecular formula is C32H28FN5O. The molecule has 1 saturated carbocycles. The maximum Gasteiger partial charge on any atom is 0.138 e. The molecule has 6 aromatic rings. The first-order valence-electron chi connectivity index (χ1n) is 13.5. The summed E-state index contributed by atoms with van der Waals surface area (Å²) in [6.45, 7) is 2.09. The number of nitrogens with one attached hydrogen (secondary N) is 2. The zero-order chi connectivity index (χ0) is 26.3. The third-order valence-electron chi connectivity index (χ3n) is 7.55. The Balaban J connectivity index is 1.27. The van der Waals surface area contributed by atoms with Gasteiger partial charge in [0.15, 0.2) is 0 Å². The van der Waals surface area contributed by atoms with Gasteiger partial charge < -0.3 is 9.72 Å². The van der Waals surface area contributed by atoms with Crippen LogP contribution in [0.4, 0.5) is 4.39 Å². The molecular weight excluding hydrogens is 489 g/mol. The van der Waals surface area contributed by atoms with E-state index in [0.29, 0.717) is 6.10 Å². The smallest absolute Gasteiger partial charge is 0.138 e. The van der Waals surface area contributed by atoms with Crippen LogP contribution >= 0.6 is 0 Å². The van der Waals surface area contributed by atoms with Crippen LogP contribution in [0.5, 0.6) is 5.75 Å². The van der Waals surface area contributed by atoms with Crippen LogP contribution in [0.3, 0.4) is 0 Å². The molecule has 4 heterocycles. The third-order valence-corrected chi connectivity index (χ3v) is 7.55. The molecule has 194 valence electrons. The zero-order valence-electron chi connectivity index (χ0n) is 21.7. The number of pyridine rings is 2. The lowest BCUT2D eigenvalue weighted by Crippen LogP contribution is -2.19. The number of aromatic amines is 2. The fourth-order valence-electron chi connectivity index (χ4n) is 5.62. The van der Waals surface area contributed by atoms with Gasteiger partial charge in [0.1, 0.15) is 28.4 Å². The van der Waals surface area contributed by atoms with E-state index in [1.807, 2.05) is 24.3 Å². The Kier molecular flexibility index (Phi) is 5.84. The van der Waals surface area contributed by atoms with Crippen molar-refractivity contribution in [2.24, 2.45) is 0 Å². The van der Waals surface area contributed by atoms with Crippen molar-refractivity contribution in [1.82, 2.24) is 25.1 Å². The van der Waals surface area contributed by atoms with E-state index in [1.165, 1.54) is 31.4 Å². The van der Waals surface area contributed by atoms with E-state index in [4.69, 9.17) is 9.72 Å². The quantitative estimate of drug-likeness (QED) is 0.243. The lowest BCUT2D eigenvalue weighted by molar-refractivity contribution is 0.155. The summed E-state index contributed by atoms with van der Waals surface area (Å²) in [5.41, 5.74) is 8.83. The summed E-state index contributed by atoms with van der Waals surface area (Å²) < 4.78 is 19.9. The Bertz CT molecular complexity index is 1800. The van der Waals surface area contributed by atoms with Crippen LogP contribution in [0, 0.1) is 12.7 Å². The summed E-state index contributed by atoms with van der Waals surface area (Å²) >= 11 is 0. The lowest BCUT2D eigenvalue weighted by Gasteiger charge is -2.23. The monoisotopic (exact) mass is 517 g/mol. The van der Waals surface area contributed by atoms with Crippen LogP contribution in [-0.2, 0) is 0 Å². The molecule has 6 nitrogen and oxygen atoms in total. The molecule has 0 aliphatic heterocycles. The lowest BCUT2D eigenvalue weighted by atomic mass is 9.97. The second kappa shape index (κ2) is 9.66. The van der Waals surface area contributed by atoms with Crippen LogP contribution in [-0.4, -0.2) is 31.3 Å². The SMILES string of the molecule is Cc1cc(OC2CCCCC2)cc(-c2ccc3[nH]nc(-c4cc5c(-c6ccc(F)cc6)ccnc5[nH]4)c3n2)c1. The predicted molar refractivity (Wildman–Crippen MR) is 152 cm³/mol. The van der Waals surface area contributed by atoms with Crippen molar-refractivity contribution in [2.75, 3.05) is 0 Å². The van der Waals surface area contributed by atoms with E-state index < -0.39 is 0 Å². The highest BCUT2D eigenvalue weighted by Gasteiger charge is 2.18. The molecule has 0 atom stereocenters. The molecule has 39 heavy (non-hydrogen) atoms. The van der Waals surface area contributed by atoms with Crippen molar-refractivity contribution in [1.29, 1.82) is 0 Å². The molecule has 2 N–H and O–H groups in total. The van der Waals surface area contributed by atoms with Gasteiger partial charge in [0.2, 0.25) is 0 Å². The van der Waals surface area contributed by atoms with Crippen LogP contribution < -0.4 is 4.74 Å². The number of aryl methyl sites for hydroxylation is 1. The average molecular weight is 518 g/mol. The molecule has 0 amide bonds. The van der Waals surface area contributed by atoms with Crippen molar-refractivity contribution in [3.8, 4) is 39.5 Å². The number of hydrogen-bond donors (Lipinski definition) is 2. The minimum Gasteiger partial charge on any atom is -0.490 e. The highest BCUT2D eigenvalue weighted by atomic mass is 19.1. The number of aromatic nitrogens is 5. The predicted octanol–water partition coefficient (Wildman–Crippen LogP) is 7.99. The van der Waals surface area contributed by atoms with Crippen molar-refractivity contribution in [3.05, 3.63) is 84.3 Å². The van der Waals surface area contributed by atoms with Crippen molar-refractivity contribution in [3.63, 3.8) is 0 Å². The average Bonchev–Trinajstić information content (AvgIpc) is 3.57. The molecule has 7 rings (SSSR count). The summed E-state index contributed by atoms with van der Waals surface area (Å²) in [5.74, 6) is 0.645. The number of halogens is 1. The van der Waals surface area contributed by atoms with Crippen LogP contribution in [0.2, 0.25) is 0 Å². The van der Waals surface area contributed by atoms with Crippen molar-refractivity contribution < 1.29 is 9.13 Å². The van der Waals surface area contributed by atoms with Crippen LogP contribution in [0.25, 0.3) is 55.8 Å². The summed E-state index contributed by atoms with van der Waals surface area (Å²) in [6, 6.07) is 20.9.